The van der Waals surface area contributed by atoms with Crippen molar-refractivity contribution < 1.29 is 14.3 Å². The molecule has 0 aromatic rings. The summed E-state index contributed by atoms with van der Waals surface area (Å²) in [6.07, 6.45) is 0.797. The Hall–Kier alpha value is -1.56. The molecule has 2 rings (SSSR count). The van der Waals surface area contributed by atoms with Gasteiger partial charge in [0.25, 0.3) is 0 Å². The molecule has 0 bridgehead atoms. The van der Waals surface area contributed by atoms with E-state index in [-0.39, 0.29) is 5.84 Å². The third-order valence-corrected chi connectivity index (χ3v) is 2.93. The van der Waals surface area contributed by atoms with Crippen LogP contribution in [0.4, 0.5) is 0 Å². The lowest BCUT2D eigenvalue weighted by Gasteiger charge is -2.25. The van der Waals surface area contributed by atoms with E-state index in [0.29, 0.717) is 6.61 Å². The number of nitrogens with zero attached hydrogens (tertiary/aromatic N) is 1. The molecule has 0 saturated heterocycles. The SMILES string of the molecule is CCC1(C)OCC2=C1N=C(C(=O)OC)NN2. The molecule has 0 spiro atoms. The van der Waals surface area contributed by atoms with Crippen LogP contribution < -0.4 is 10.9 Å². The van der Waals surface area contributed by atoms with Crippen molar-refractivity contribution in [2.75, 3.05) is 13.7 Å². The lowest BCUT2D eigenvalue weighted by Crippen LogP contribution is -2.45. The lowest BCUT2D eigenvalue weighted by molar-refractivity contribution is -0.133. The van der Waals surface area contributed by atoms with Gasteiger partial charge in [-0.15, -0.1) is 0 Å². The number of aliphatic imine (C=N–C) groups is 1. The fraction of sp³-hybridized carbons (Fsp3) is 0.600. The number of hydrogen-bond acceptors (Lipinski definition) is 6. The number of rotatable bonds is 2. The maximum absolute atomic E-state index is 11.3. The highest BCUT2D eigenvalue weighted by Gasteiger charge is 2.39. The molecule has 2 aliphatic heterocycles. The Labute approximate surface area is 93.7 Å². The van der Waals surface area contributed by atoms with Crippen molar-refractivity contribution >= 4 is 11.8 Å². The van der Waals surface area contributed by atoms with Gasteiger partial charge in [-0.1, -0.05) is 6.92 Å². The molecule has 0 saturated carbocycles. The second kappa shape index (κ2) is 3.79. The minimum Gasteiger partial charge on any atom is -0.463 e. The minimum absolute atomic E-state index is 0.159. The van der Waals surface area contributed by atoms with Gasteiger partial charge in [0, 0.05) is 0 Å². The maximum atomic E-state index is 11.3. The number of hydrazine groups is 1. The molecule has 16 heavy (non-hydrogen) atoms. The third-order valence-electron chi connectivity index (χ3n) is 2.93. The van der Waals surface area contributed by atoms with E-state index in [1.54, 1.807) is 0 Å². The Morgan fingerprint density at radius 2 is 2.38 bits per heavy atom. The van der Waals surface area contributed by atoms with E-state index in [4.69, 9.17) is 4.74 Å². The standard InChI is InChI=1S/C10H15N3O3/c1-4-10(2)7-6(5-16-10)12-13-8(11-7)9(14)15-3/h12H,4-5H2,1-3H3,(H,11,13). The second-order valence-corrected chi connectivity index (χ2v) is 3.90. The number of esters is 1. The average molecular weight is 225 g/mol. The van der Waals surface area contributed by atoms with Crippen molar-refractivity contribution in [3.05, 3.63) is 11.4 Å². The van der Waals surface area contributed by atoms with Gasteiger partial charge in [-0.2, -0.15) is 0 Å². The van der Waals surface area contributed by atoms with Crippen LogP contribution >= 0.6 is 0 Å². The van der Waals surface area contributed by atoms with Gasteiger partial charge < -0.3 is 9.47 Å². The van der Waals surface area contributed by atoms with Gasteiger partial charge in [0.15, 0.2) is 0 Å². The molecule has 0 aliphatic carbocycles. The van der Waals surface area contributed by atoms with Crippen LogP contribution in [0, 0.1) is 0 Å². The predicted octanol–water partition coefficient (Wildman–Crippen LogP) is 0.0762. The van der Waals surface area contributed by atoms with E-state index in [1.807, 2.05) is 13.8 Å². The molecule has 0 fully saturated rings. The highest BCUT2D eigenvalue weighted by atomic mass is 16.5. The first kappa shape index (κ1) is 10.9. The van der Waals surface area contributed by atoms with Crippen LogP contribution in [-0.2, 0) is 14.3 Å². The van der Waals surface area contributed by atoms with Gasteiger partial charge in [-0.3, -0.25) is 10.9 Å². The molecule has 2 aliphatic rings. The van der Waals surface area contributed by atoms with Crippen molar-refractivity contribution in [2.24, 2.45) is 4.99 Å². The molecule has 1 atom stereocenters. The number of carbonyl (C=O) groups is 1. The fourth-order valence-corrected chi connectivity index (χ4v) is 1.71. The summed E-state index contributed by atoms with van der Waals surface area (Å²) >= 11 is 0. The number of hydrogen-bond donors (Lipinski definition) is 2. The summed E-state index contributed by atoms with van der Waals surface area (Å²) < 4.78 is 10.3. The van der Waals surface area contributed by atoms with Crippen molar-refractivity contribution in [2.45, 2.75) is 25.9 Å². The quantitative estimate of drug-likeness (QED) is 0.651. The van der Waals surface area contributed by atoms with Gasteiger partial charge in [0.2, 0.25) is 5.84 Å². The van der Waals surface area contributed by atoms with Crippen molar-refractivity contribution in [3.8, 4) is 0 Å². The molecule has 0 radical (unpaired) electrons. The number of nitrogens with one attached hydrogen (secondary N) is 2. The predicted molar refractivity (Wildman–Crippen MR) is 57.4 cm³/mol. The molecule has 0 aromatic carbocycles. The zero-order chi connectivity index (χ0) is 11.8. The van der Waals surface area contributed by atoms with Crippen molar-refractivity contribution in [3.63, 3.8) is 0 Å². The molecule has 1 unspecified atom stereocenters. The summed E-state index contributed by atoms with van der Waals surface area (Å²) in [5.74, 6) is -0.337. The van der Waals surface area contributed by atoms with Gasteiger partial charge >= 0.3 is 5.97 Å². The monoisotopic (exact) mass is 225 g/mol. The van der Waals surface area contributed by atoms with Crippen LogP contribution in [0.25, 0.3) is 0 Å². The smallest absolute Gasteiger partial charge is 0.375 e. The molecule has 6 nitrogen and oxygen atoms in total. The number of methoxy groups -OCH3 is 1. The van der Waals surface area contributed by atoms with E-state index in [2.05, 4.69) is 20.6 Å². The molecule has 0 aromatic heterocycles. The first-order chi connectivity index (χ1) is 7.60. The number of amidine groups is 1. The second-order valence-electron chi connectivity index (χ2n) is 3.90. The summed E-state index contributed by atoms with van der Waals surface area (Å²) in [6, 6.07) is 0. The molecule has 2 N–H and O–H groups in total. The zero-order valence-electron chi connectivity index (χ0n) is 9.59. The molecular formula is C10H15N3O3. The van der Waals surface area contributed by atoms with Crippen LogP contribution in [-0.4, -0.2) is 31.1 Å². The highest BCUT2D eigenvalue weighted by Crippen LogP contribution is 2.34. The molecule has 6 heteroatoms. The lowest BCUT2D eigenvalue weighted by atomic mass is 9.99. The molecule has 0 amide bonds. The summed E-state index contributed by atoms with van der Waals surface area (Å²) in [6.45, 7) is 4.46. The van der Waals surface area contributed by atoms with Gasteiger partial charge in [0.1, 0.15) is 5.60 Å². The van der Waals surface area contributed by atoms with E-state index >= 15 is 0 Å². The Morgan fingerprint density at radius 3 is 3.00 bits per heavy atom. The van der Waals surface area contributed by atoms with Gasteiger partial charge in [0.05, 0.1) is 25.1 Å². The first-order valence-corrected chi connectivity index (χ1v) is 5.17. The first-order valence-electron chi connectivity index (χ1n) is 5.17. The van der Waals surface area contributed by atoms with Crippen molar-refractivity contribution in [1.29, 1.82) is 0 Å². The summed E-state index contributed by atoms with van der Waals surface area (Å²) in [5.41, 5.74) is 6.82. The van der Waals surface area contributed by atoms with Gasteiger partial charge in [-0.25, -0.2) is 9.79 Å². The van der Waals surface area contributed by atoms with E-state index in [1.165, 1.54) is 7.11 Å². The van der Waals surface area contributed by atoms with E-state index in [0.717, 1.165) is 17.8 Å². The largest absolute Gasteiger partial charge is 0.463 e. The third kappa shape index (κ3) is 1.55. The summed E-state index contributed by atoms with van der Waals surface area (Å²) in [7, 11) is 1.32. The average Bonchev–Trinajstić information content (AvgIpc) is 2.66. The van der Waals surface area contributed by atoms with Crippen LogP contribution in [0.2, 0.25) is 0 Å². The molecular weight excluding hydrogens is 210 g/mol. The number of ether oxygens (including phenoxy) is 2. The Morgan fingerprint density at radius 1 is 1.62 bits per heavy atom. The van der Waals surface area contributed by atoms with Gasteiger partial charge in [-0.05, 0) is 13.3 Å². The Bertz CT molecular complexity index is 389. The van der Waals surface area contributed by atoms with Crippen LogP contribution in [0.1, 0.15) is 20.3 Å². The van der Waals surface area contributed by atoms with Crippen molar-refractivity contribution in [1.82, 2.24) is 10.9 Å². The summed E-state index contributed by atoms with van der Waals surface area (Å²) in [5, 5.41) is 0. The minimum atomic E-state index is -0.496. The van der Waals surface area contributed by atoms with E-state index < -0.39 is 11.6 Å². The Balaban J connectivity index is 2.32. The molecule has 88 valence electrons. The highest BCUT2D eigenvalue weighted by molar-refractivity contribution is 6.35. The fourth-order valence-electron chi connectivity index (χ4n) is 1.71. The summed E-state index contributed by atoms with van der Waals surface area (Å²) in [4.78, 5) is 15.6. The van der Waals surface area contributed by atoms with E-state index in [9.17, 15) is 4.79 Å². The topological polar surface area (TPSA) is 72.0 Å². The van der Waals surface area contributed by atoms with Crippen LogP contribution in [0.3, 0.4) is 0 Å². The number of carbonyl (C=O) groups excluding carboxylic acids is 1. The Kier molecular flexibility index (Phi) is 2.59. The maximum Gasteiger partial charge on any atom is 0.375 e. The molecule has 2 heterocycles. The zero-order valence-corrected chi connectivity index (χ0v) is 9.59. The normalized spacial score (nSPS) is 27.8. The van der Waals surface area contributed by atoms with Crippen LogP contribution in [0.15, 0.2) is 16.4 Å². The van der Waals surface area contributed by atoms with Crippen LogP contribution in [0.5, 0.6) is 0 Å².